The van der Waals surface area contributed by atoms with Crippen LogP contribution in [0.2, 0.25) is 0 Å². The fourth-order valence-electron chi connectivity index (χ4n) is 2.79. The molecular weight excluding hydrogens is 310 g/mol. The van der Waals surface area contributed by atoms with E-state index in [0.29, 0.717) is 17.1 Å². The van der Waals surface area contributed by atoms with Crippen molar-refractivity contribution in [1.29, 1.82) is 0 Å². The number of dihydropyridines is 1. The van der Waals surface area contributed by atoms with Crippen LogP contribution in [0.4, 0.5) is 0 Å². The second-order valence-corrected chi connectivity index (χ2v) is 6.02. The fourth-order valence-corrected chi connectivity index (χ4v) is 2.79. The topological polar surface area (TPSA) is 94.4 Å². The van der Waals surface area contributed by atoms with E-state index < -0.39 is 16.8 Å². The lowest BCUT2D eigenvalue weighted by molar-refractivity contribution is -0.431. The Balaban J connectivity index is 2.64. The summed E-state index contributed by atoms with van der Waals surface area (Å²) in [6, 6.07) is 5.26. The van der Waals surface area contributed by atoms with Crippen LogP contribution in [0.15, 0.2) is 40.9 Å². The zero-order chi connectivity index (χ0) is 18.0. The summed E-state index contributed by atoms with van der Waals surface area (Å²) in [7, 11) is 0. The number of allylic oxidation sites excluding steroid dienone is 3. The van der Waals surface area contributed by atoms with Gasteiger partial charge in [0.2, 0.25) is 0 Å². The summed E-state index contributed by atoms with van der Waals surface area (Å²) in [6.07, 6.45) is -0.324. The number of ether oxygens (including phenoxy) is 1. The van der Waals surface area contributed by atoms with Gasteiger partial charge in [-0.25, -0.2) is 4.79 Å². The smallest absolute Gasteiger partial charge is 0.337 e. The average molecular weight is 331 g/mol. The second kappa shape index (κ2) is 6.82. The van der Waals surface area contributed by atoms with Gasteiger partial charge in [-0.2, -0.15) is 0 Å². The Morgan fingerprint density at radius 2 is 1.96 bits per heavy atom. The number of hydrogen-bond donors (Lipinski definition) is 1. The highest BCUT2D eigenvalue weighted by Gasteiger charge is 2.41. The number of nitro groups is 1. The van der Waals surface area contributed by atoms with Gasteiger partial charge in [-0.05, 0) is 46.8 Å². The van der Waals surface area contributed by atoms with Gasteiger partial charge in [-0.3, -0.25) is 15.1 Å². The molecule has 1 atom stereocenters. The van der Waals surface area contributed by atoms with Crippen LogP contribution in [0.1, 0.15) is 45.0 Å². The van der Waals surface area contributed by atoms with Gasteiger partial charge < -0.3 is 10.1 Å². The van der Waals surface area contributed by atoms with Gasteiger partial charge in [0.1, 0.15) is 5.92 Å². The summed E-state index contributed by atoms with van der Waals surface area (Å²) in [6.45, 7) is 8.60. The third-order valence-electron chi connectivity index (χ3n) is 3.69. The van der Waals surface area contributed by atoms with E-state index >= 15 is 0 Å². The zero-order valence-electron chi connectivity index (χ0n) is 14.4. The highest BCUT2D eigenvalue weighted by Crippen LogP contribution is 2.38. The maximum absolute atomic E-state index is 12.6. The SMILES string of the molecule is CC1=C(C(=O)OC(C)C)[C@H](c2cccc(C)n2)C([N+](=O)[O-])=C(C)N1. The van der Waals surface area contributed by atoms with E-state index in [9.17, 15) is 14.9 Å². The quantitative estimate of drug-likeness (QED) is 0.518. The lowest BCUT2D eigenvalue weighted by atomic mass is 9.86. The molecule has 1 aromatic heterocycles. The molecule has 1 N–H and O–H groups in total. The van der Waals surface area contributed by atoms with E-state index in [2.05, 4.69) is 10.3 Å². The zero-order valence-corrected chi connectivity index (χ0v) is 14.4. The molecule has 0 saturated carbocycles. The van der Waals surface area contributed by atoms with Gasteiger partial charge in [-0.15, -0.1) is 0 Å². The lowest BCUT2D eigenvalue weighted by Crippen LogP contribution is -2.32. The van der Waals surface area contributed by atoms with Crippen molar-refractivity contribution in [2.45, 2.75) is 46.6 Å². The van der Waals surface area contributed by atoms with Crippen molar-refractivity contribution in [1.82, 2.24) is 10.3 Å². The Hall–Kier alpha value is -2.70. The first-order chi connectivity index (χ1) is 11.2. The summed E-state index contributed by atoms with van der Waals surface area (Å²) < 4.78 is 5.30. The molecule has 2 rings (SSSR count). The highest BCUT2D eigenvalue weighted by atomic mass is 16.6. The minimum absolute atomic E-state index is 0.0885. The molecule has 0 aliphatic carbocycles. The molecule has 0 radical (unpaired) electrons. The number of esters is 1. The van der Waals surface area contributed by atoms with Crippen LogP contribution in [-0.2, 0) is 9.53 Å². The van der Waals surface area contributed by atoms with Gasteiger partial charge in [0.05, 0.1) is 28.0 Å². The minimum atomic E-state index is -0.868. The van der Waals surface area contributed by atoms with Crippen LogP contribution in [0, 0.1) is 17.0 Å². The van der Waals surface area contributed by atoms with Crippen LogP contribution >= 0.6 is 0 Å². The van der Waals surface area contributed by atoms with Crippen molar-refractivity contribution in [2.75, 3.05) is 0 Å². The maximum Gasteiger partial charge on any atom is 0.337 e. The summed E-state index contributed by atoms with van der Waals surface area (Å²) >= 11 is 0. The Bertz CT molecular complexity index is 750. The second-order valence-electron chi connectivity index (χ2n) is 6.02. The Kier molecular flexibility index (Phi) is 5.02. The summed E-state index contributed by atoms with van der Waals surface area (Å²) in [5.41, 5.74) is 2.25. The minimum Gasteiger partial charge on any atom is -0.460 e. The monoisotopic (exact) mass is 331 g/mol. The third kappa shape index (κ3) is 3.45. The van der Waals surface area contributed by atoms with Crippen LogP contribution < -0.4 is 5.32 Å². The van der Waals surface area contributed by atoms with Crippen molar-refractivity contribution in [3.05, 3.63) is 62.4 Å². The number of hydrogen-bond acceptors (Lipinski definition) is 6. The molecule has 24 heavy (non-hydrogen) atoms. The number of carbonyl (C=O) groups is 1. The molecule has 128 valence electrons. The van der Waals surface area contributed by atoms with E-state index in [0.717, 1.165) is 5.69 Å². The normalized spacial score (nSPS) is 17.8. The van der Waals surface area contributed by atoms with Gasteiger partial charge in [0.15, 0.2) is 0 Å². The molecule has 0 aromatic carbocycles. The van der Waals surface area contributed by atoms with Crippen molar-refractivity contribution in [2.24, 2.45) is 0 Å². The van der Waals surface area contributed by atoms with E-state index in [1.807, 2.05) is 0 Å². The van der Waals surface area contributed by atoms with Crippen LogP contribution in [0.25, 0.3) is 0 Å². The number of rotatable bonds is 4. The number of aryl methyl sites for hydroxylation is 1. The van der Waals surface area contributed by atoms with Crippen molar-refractivity contribution >= 4 is 5.97 Å². The molecule has 0 fully saturated rings. The summed E-state index contributed by atoms with van der Waals surface area (Å²) in [5.74, 6) is -1.44. The number of carbonyl (C=O) groups excluding carboxylic acids is 1. The first-order valence-electron chi connectivity index (χ1n) is 7.69. The van der Waals surface area contributed by atoms with Crippen LogP contribution in [0.5, 0.6) is 0 Å². The molecule has 1 aliphatic rings. The maximum atomic E-state index is 12.6. The molecule has 1 aromatic rings. The van der Waals surface area contributed by atoms with Crippen LogP contribution in [-0.4, -0.2) is 22.0 Å². The number of nitrogens with zero attached hydrogens (tertiary/aromatic N) is 2. The van der Waals surface area contributed by atoms with Gasteiger partial charge in [0, 0.05) is 11.4 Å². The van der Waals surface area contributed by atoms with E-state index in [4.69, 9.17) is 4.74 Å². The number of nitrogens with one attached hydrogen (secondary N) is 1. The first-order valence-corrected chi connectivity index (χ1v) is 7.69. The molecule has 1 aliphatic heterocycles. The van der Waals surface area contributed by atoms with Gasteiger partial charge in [-0.1, -0.05) is 6.07 Å². The summed E-state index contributed by atoms with van der Waals surface area (Å²) in [5, 5.41) is 14.6. The van der Waals surface area contributed by atoms with Crippen LogP contribution in [0.3, 0.4) is 0 Å². The molecule has 0 bridgehead atoms. The van der Waals surface area contributed by atoms with Crippen molar-refractivity contribution in [3.8, 4) is 0 Å². The predicted molar refractivity (Wildman–Crippen MR) is 88.5 cm³/mol. The van der Waals surface area contributed by atoms with E-state index in [1.165, 1.54) is 0 Å². The molecular formula is C17H21N3O4. The molecule has 0 unspecified atom stereocenters. The highest BCUT2D eigenvalue weighted by molar-refractivity contribution is 5.92. The van der Waals surface area contributed by atoms with Gasteiger partial charge in [0.25, 0.3) is 5.70 Å². The first kappa shape index (κ1) is 17.7. The Morgan fingerprint density at radius 1 is 1.29 bits per heavy atom. The summed E-state index contributed by atoms with van der Waals surface area (Å²) in [4.78, 5) is 28.1. The largest absolute Gasteiger partial charge is 0.460 e. The number of aromatic nitrogens is 1. The van der Waals surface area contributed by atoms with E-state index in [-0.39, 0.29) is 17.4 Å². The fraction of sp³-hybridized carbons (Fsp3) is 0.412. The van der Waals surface area contributed by atoms with Gasteiger partial charge >= 0.3 is 5.97 Å². The van der Waals surface area contributed by atoms with E-state index in [1.54, 1.807) is 52.8 Å². The third-order valence-corrected chi connectivity index (χ3v) is 3.69. The molecule has 0 amide bonds. The number of pyridine rings is 1. The van der Waals surface area contributed by atoms with Crippen molar-refractivity contribution in [3.63, 3.8) is 0 Å². The molecule has 7 nitrogen and oxygen atoms in total. The lowest BCUT2D eigenvalue weighted by Gasteiger charge is -2.26. The Morgan fingerprint density at radius 3 is 2.50 bits per heavy atom. The molecule has 2 heterocycles. The molecule has 0 saturated heterocycles. The standard InChI is InChI=1S/C17H21N3O4/c1-9(2)24-17(21)14-11(4)19-12(5)16(20(22)23)15(14)13-8-6-7-10(3)18-13/h6-9,15,19H,1-5H3/t15-/m0/s1. The molecule has 7 heteroatoms. The average Bonchev–Trinajstić information content (AvgIpc) is 2.44. The van der Waals surface area contributed by atoms with Crippen molar-refractivity contribution < 1.29 is 14.5 Å². The molecule has 0 spiro atoms. The predicted octanol–water partition coefficient (Wildman–Crippen LogP) is 2.81. The Labute approximate surface area is 140 Å².